The van der Waals surface area contributed by atoms with Crippen LogP contribution in [-0.4, -0.2) is 46.7 Å². The molecule has 2 fully saturated rings. The number of anilines is 1. The van der Waals surface area contributed by atoms with Gasteiger partial charge < -0.3 is 9.42 Å². The Balaban J connectivity index is 1.63. The first-order chi connectivity index (χ1) is 12.1. The van der Waals surface area contributed by atoms with Crippen LogP contribution < -0.4 is 4.90 Å². The second-order valence-corrected chi connectivity index (χ2v) is 7.10. The molecule has 1 aliphatic carbocycles. The maximum Gasteiger partial charge on any atom is 0.245 e. The molecule has 0 amide bonds. The number of aromatic nitrogens is 3. The molecule has 0 N–H and O–H groups in total. The summed E-state index contributed by atoms with van der Waals surface area (Å²) < 4.78 is 5.55. The van der Waals surface area contributed by atoms with Crippen molar-refractivity contribution >= 4 is 5.82 Å². The highest BCUT2D eigenvalue weighted by Gasteiger charge is 2.34. The molecule has 7 heteroatoms. The van der Waals surface area contributed by atoms with Crippen molar-refractivity contribution < 1.29 is 4.52 Å². The molecule has 1 aliphatic heterocycles. The van der Waals surface area contributed by atoms with Crippen LogP contribution in [0.15, 0.2) is 10.6 Å². The number of nitrogens with zero attached hydrogens (tertiary/aromatic N) is 6. The smallest absolute Gasteiger partial charge is 0.245 e. The molecule has 0 bridgehead atoms. The Hall–Kier alpha value is -2.46. The Morgan fingerprint density at radius 2 is 2.04 bits per heavy atom. The molecule has 0 spiro atoms. The molecule has 1 saturated heterocycles. The maximum absolute atomic E-state index is 9.56. The van der Waals surface area contributed by atoms with Gasteiger partial charge in [0.15, 0.2) is 5.82 Å². The molecular weight excluding hydrogens is 316 g/mol. The van der Waals surface area contributed by atoms with E-state index in [0.29, 0.717) is 23.9 Å². The predicted molar refractivity (Wildman–Crippen MR) is 92.3 cm³/mol. The van der Waals surface area contributed by atoms with E-state index in [1.54, 1.807) is 0 Å². The summed E-state index contributed by atoms with van der Waals surface area (Å²) in [6, 6.07) is 4.28. The van der Waals surface area contributed by atoms with E-state index >= 15 is 0 Å². The van der Waals surface area contributed by atoms with E-state index in [9.17, 15) is 5.26 Å². The minimum absolute atomic E-state index is 0.0166. The summed E-state index contributed by atoms with van der Waals surface area (Å²) in [7, 11) is 2.07. The van der Waals surface area contributed by atoms with E-state index in [0.717, 1.165) is 48.8 Å². The summed E-state index contributed by atoms with van der Waals surface area (Å²) in [6.45, 7) is 6.29. The second-order valence-electron chi connectivity index (χ2n) is 7.10. The lowest BCUT2D eigenvalue weighted by molar-refractivity contribution is 0.177. The third-order valence-corrected chi connectivity index (χ3v) is 5.07. The van der Waals surface area contributed by atoms with Crippen LogP contribution in [0, 0.1) is 25.2 Å². The lowest BCUT2D eigenvalue weighted by atomic mass is 10.1. The first kappa shape index (κ1) is 16.0. The van der Waals surface area contributed by atoms with Gasteiger partial charge in [0.1, 0.15) is 17.9 Å². The summed E-state index contributed by atoms with van der Waals surface area (Å²) in [5.41, 5.74) is 2.54. The second kappa shape index (κ2) is 6.12. The zero-order valence-corrected chi connectivity index (χ0v) is 14.9. The van der Waals surface area contributed by atoms with E-state index in [1.807, 2.05) is 19.9 Å². The van der Waals surface area contributed by atoms with E-state index in [-0.39, 0.29) is 6.04 Å². The Morgan fingerprint density at radius 1 is 1.24 bits per heavy atom. The summed E-state index contributed by atoms with van der Waals surface area (Å²) in [4.78, 5) is 13.7. The number of hydrogen-bond acceptors (Lipinski definition) is 7. The van der Waals surface area contributed by atoms with Gasteiger partial charge >= 0.3 is 0 Å². The zero-order valence-electron chi connectivity index (χ0n) is 14.9. The fraction of sp³-hybridized carbons (Fsp3) is 0.556. The molecular formula is C18H22N6O. The lowest BCUT2D eigenvalue weighted by Crippen LogP contribution is -2.47. The highest BCUT2D eigenvalue weighted by atomic mass is 16.5. The van der Waals surface area contributed by atoms with E-state index < -0.39 is 0 Å². The highest BCUT2D eigenvalue weighted by Crippen LogP contribution is 2.39. The Bertz CT molecular complexity index is 835. The van der Waals surface area contributed by atoms with Crippen molar-refractivity contribution in [2.24, 2.45) is 0 Å². The summed E-state index contributed by atoms with van der Waals surface area (Å²) in [6.07, 6.45) is 2.31. The largest absolute Gasteiger partial charge is 0.352 e. The normalized spacial score (nSPS) is 21.4. The maximum atomic E-state index is 9.56. The molecule has 2 aromatic rings. The minimum Gasteiger partial charge on any atom is -0.352 e. The minimum atomic E-state index is 0.0166. The molecule has 25 heavy (non-hydrogen) atoms. The van der Waals surface area contributed by atoms with Gasteiger partial charge in [-0.2, -0.15) is 10.2 Å². The number of aryl methyl sites for hydroxylation is 2. The summed E-state index contributed by atoms with van der Waals surface area (Å²) in [5.74, 6) is 2.74. The van der Waals surface area contributed by atoms with Crippen molar-refractivity contribution in [3.8, 4) is 6.07 Å². The van der Waals surface area contributed by atoms with Crippen LogP contribution >= 0.6 is 0 Å². The Labute approximate surface area is 147 Å². The van der Waals surface area contributed by atoms with Crippen molar-refractivity contribution in [3.63, 3.8) is 0 Å². The van der Waals surface area contributed by atoms with E-state index in [1.165, 1.54) is 0 Å². The van der Waals surface area contributed by atoms with Crippen molar-refractivity contribution in [2.75, 3.05) is 31.6 Å². The molecule has 0 radical (unpaired) electrons. The van der Waals surface area contributed by atoms with Crippen LogP contribution in [0.25, 0.3) is 0 Å². The van der Waals surface area contributed by atoms with Crippen LogP contribution in [0.5, 0.6) is 0 Å². The van der Waals surface area contributed by atoms with Gasteiger partial charge in [0, 0.05) is 31.2 Å². The Kier molecular flexibility index (Phi) is 3.92. The van der Waals surface area contributed by atoms with Crippen LogP contribution in [-0.2, 0) is 0 Å². The van der Waals surface area contributed by atoms with E-state index in [4.69, 9.17) is 4.52 Å². The number of likely N-dealkylation sites (N-methyl/N-ethyl adjacent to an activating group) is 1. The van der Waals surface area contributed by atoms with Crippen LogP contribution in [0.2, 0.25) is 0 Å². The molecule has 4 rings (SSSR count). The van der Waals surface area contributed by atoms with Gasteiger partial charge in [-0.25, -0.2) is 4.98 Å². The first-order valence-electron chi connectivity index (χ1n) is 8.74. The number of piperazine rings is 1. The van der Waals surface area contributed by atoms with Gasteiger partial charge in [-0.05, 0) is 45.4 Å². The van der Waals surface area contributed by atoms with Gasteiger partial charge in [0.25, 0.3) is 0 Å². The molecule has 2 aromatic heterocycles. The predicted octanol–water partition coefficient (Wildman–Crippen LogP) is 2.32. The van der Waals surface area contributed by atoms with E-state index in [2.05, 4.69) is 38.0 Å². The molecule has 130 valence electrons. The monoisotopic (exact) mass is 338 g/mol. The first-order valence-corrected chi connectivity index (χ1v) is 8.74. The molecule has 0 unspecified atom stereocenters. The fourth-order valence-electron chi connectivity index (χ4n) is 3.41. The zero-order chi connectivity index (χ0) is 17.6. The van der Waals surface area contributed by atoms with Gasteiger partial charge in [-0.1, -0.05) is 5.16 Å². The van der Waals surface area contributed by atoms with Crippen molar-refractivity contribution in [3.05, 3.63) is 34.6 Å². The number of hydrogen-bond donors (Lipinski definition) is 0. The highest BCUT2D eigenvalue weighted by molar-refractivity contribution is 5.58. The average Bonchev–Trinajstić information content (AvgIpc) is 3.32. The molecule has 1 atom stereocenters. The SMILES string of the molecule is Cc1cc(C)c(C#N)c(N2CCN(C)[C@H](c3nc(C4CC4)no3)C2)n1. The molecule has 0 aromatic carbocycles. The van der Waals surface area contributed by atoms with Crippen LogP contribution in [0.4, 0.5) is 5.82 Å². The lowest BCUT2D eigenvalue weighted by Gasteiger charge is -2.38. The van der Waals surface area contributed by atoms with Crippen LogP contribution in [0.3, 0.4) is 0 Å². The van der Waals surface area contributed by atoms with Crippen molar-refractivity contribution in [1.29, 1.82) is 5.26 Å². The average molecular weight is 338 g/mol. The van der Waals surface area contributed by atoms with Gasteiger partial charge in [0.2, 0.25) is 5.89 Å². The summed E-state index contributed by atoms with van der Waals surface area (Å²) >= 11 is 0. The molecule has 1 saturated carbocycles. The van der Waals surface area contributed by atoms with Crippen LogP contribution in [0.1, 0.15) is 53.3 Å². The Morgan fingerprint density at radius 3 is 2.76 bits per heavy atom. The van der Waals surface area contributed by atoms with Gasteiger partial charge in [-0.15, -0.1) is 0 Å². The van der Waals surface area contributed by atoms with Gasteiger partial charge in [0.05, 0.1) is 5.56 Å². The van der Waals surface area contributed by atoms with Crippen molar-refractivity contribution in [1.82, 2.24) is 20.0 Å². The molecule has 3 heterocycles. The molecule has 2 aliphatic rings. The topological polar surface area (TPSA) is 82.1 Å². The standard InChI is InChI=1S/C18H22N6O/c1-11-8-12(2)20-17(14(11)9-19)24-7-6-23(3)15(10-24)18-21-16(22-25-18)13-4-5-13/h8,13,15H,4-7,10H2,1-3H3/t15-/m0/s1. The van der Waals surface area contributed by atoms with Crippen molar-refractivity contribution in [2.45, 2.75) is 38.6 Å². The van der Waals surface area contributed by atoms with Gasteiger partial charge in [-0.3, -0.25) is 4.90 Å². The third kappa shape index (κ3) is 2.98. The summed E-state index contributed by atoms with van der Waals surface area (Å²) in [5, 5.41) is 13.7. The third-order valence-electron chi connectivity index (χ3n) is 5.07. The number of rotatable bonds is 3. The molecule has 7 nitrogen and oxygen atoms in total. The quantitative estimate of drug-likeness (QED) is 0.849. The number of nitriles is 1. The number of pyridine rings is 1. The fourth-order valence-corrected chi connectivity index (χ4v) is 3.41.